The van der Waals surface area contributed by atoms with E-state index in [1.165, 1.54) is 0 Å². The van der Waals surface area contributed by atoms with E-state index in [0.29, 0.717) is 24.3 Å². The van der Waals surface area contributed by atoms with Crippen LogP contribution in [0.1, 0.15) is 41.4 Å². The number of carbonyl (C=O) groups excluding carboxylic acids is 2. The Balaban J connectivity index is 2.89. The highest BCUT2D eigenvalue weighted by Crippen LogP contribution is 2.27. The quantitative estimate of drug-likeness (QED) is 0.146. The van der Waals surface area contributed by atoms with Crippen LogP contribution in [-0.2, 0) is 9.59 Å². The summed E-state index contributed by atoms with van der Waals surface area (Å²) in [6.07, 6.45) is 0. The van der Waals surface area contributed by atoms with E-state index in [2.05, 4.69) is 0 Å². The molecule has 0 aliphatic carbocycles. The summed E-state index contributed by atoms with van der Waals surface area (Å²) in [6.45, 7) is 0. The standard InChI is InChI=1S/C18H10N2O12/c21-13(17(27)28)9-3-1-7(15(23)24)5-11(9)19(31)20(32)12-6-8(16(25)26)2-4-10(12)14(22)18(29)30/h1-6H,(H,23,24)(H,25,26)(H,27,28)(H,29,30)/b20-19+. The Labute approximate surface area is 175 Å². The molecule has 0 heterocycles. The zero-order valence-corrected chi connectivity index (χ0v) is 15.4. The Bertz CT molecular complexity index is 1150. The molecule has 0 aliphatic heterocycles. The maximum Gasteiger partial charge on any atom is 0.377 e. The predicted octanol–water partition coefficient (Wildman–Crippen LogP) is 1.05. The van der Waals surface area contributed by atoms with Gasteiger partial charge in [-0.15, -0.1) is 0 Å². The molecule has 164 valence electrons. The number of nitrogens with zero attached hydrogens (tertiary/aromatic N) is 2. The lowest BCUT2D eigenvalue weighted by molar-refractivity contribution is -0.896. The molecule has 0 bridgehead atoms. The molecule has 2 rings (SSSR count). The van der Waals surface area contributed by atoms with Crippen molar-refractivity contribution in [1.29, 1.82) is 0 Å². The van der Waals surface area contributed by atoms with Crippen LogP contribution >= 0.6 is 0 Å². The van der Waals surface area contributed by atoms with Gasteiger partial charge in [-0.2, -0.15) is 0 Å². The van der Waals surface area contributed by atoms with Crippen molar-refractivity contribution in [3.05, 3.63) is 69.1 Å². The van der Waals surface area contributed by atoms with Gasteiger partial charge in [-0.1, -0.05) is 0 Å². The first-order valence-electron chi connectivity index (χ1n) is 8.11. The number of hydrogen-bond donors (Lipinski definition) is 4. The number of rotatable bonds is 8. The second-order valence-electron chi connectivity index (χ2n) is 5.89. The first-order valence-corrected chi connectivity index (χ1v) is 8.11. The fourth-order valence-corrected chi connectivity index (χ4v) is 2.46. The molecule has 0 aliphatic rings. The van der Waals surface area contributed by atoms with Crippen LogP contribution < -0.4 is 0 Å². The van der Waals surface area contributed by atoms with Crippen molar-refractivity contribution in [2.45, 2.75) is 0 Å². The van der Waals surface area contributed by atoms with Crippen LogP contribution in [0.3, 0.4) is 0 Å². The summed E-state index contributed by atoms with van der Waals surface area (Å²) in [6, 6.07) is 3.88. The average Bonchev–Trinajstić information content (AvgIpc) is 2.75. The molecule has 0 spiro atoms. The minimum atomic E-state index is -2.05. The Morgan fingerprint density at radius 2 is 0.906 bits per heavy atom. The smallest absolute Gasteiger partial charge is 0.377 e. The van der Waals surface area contributed by atoms with E-state index < -0.39 is 78.8 Å². The summed E-state index contributed by atoms with van der Waals surface area (Å²) >= 11 is 0. The minimum Gasteiger partial charge on any atom is -0.561 e. The highest BCUT2D eigenvalue weighted by atomic mass is 16.6. The molecular weight excluding hydrogens is 436 g/mol. The second kappa shape index (κ2) is 8.70. The molecule has 0 amide bonds. The van der Waals surface area contributed by atoms with E-state index in [4.69, 9.17) is 20.4 Å². The van der Waals surface area contributed by atoms with Gasteiger partial charge in [-0.25, -0.2) is 19.2 Å². The van der Waals surface area contributed by atoms with Crippen molar-refractivity contribution in [2.24, 2.45) is 0 Å². The Hall–Kier alpha value is -5.14. The number of azo groups is 1. The number of aromatic carboxylic acids is 2. The first-order chi connectivity index (χ1) is 14.9. The van der Waals surface area contributed by atoms with Crippen LogP contribution in [0.15, 0.2) is 36.4 Å². The summed E-state index contributed by atoms with van der Waals surface area (Å²) in [5.74, 6) is -10.7. The molecule has 0 saturated heterocycles. The number of ketones is 2. The summed E-state index contributed by atoms with van der Waals surface area (Å²) in [4.78, 5) is 66.7. The highest BCUT2D eigenvalue weighted by molar-refractivity contribution is 6.41. The molecule has 4 N–H and O–H groups in total. The maximum atomic E-state index is 12.7. The third-order valence-electron chi connectivity index (χ3n) is 3.94. The highest BCUT2D eigenvalue weighted by Gasteiger charge is 2.32. The zero-order valence-electron chi connectivity index (χ0n) is 15.4. The number of hydrogen-bond acceptors (Lipinski definition) is 8. The van der Waals surface area contributed by atoms with Gasteiger partial charge in [0.05, 0.1) is 20.8 Å². The number of benzene rings is 2. The van der Waals surface area contributed by atoms with E-state index >= 15 is 0 Å². The van der Waals surface area contributed by atoms with E-state index in [0.717, 1.165) is 12.1 Å². The molecule has 32 heavy (non-hydrogen) atoms. The van der Waals surface area contributed by atoms with Gasteiger partial charge in [0.2, 0.25) is 0 Å². The third-order valence-corrected chi connectivity index (χ3v) is 3.94. The Morgan fingerprint density at radius 1 is 0.594 bits per heavy atom. The monoisotopic (exact) mass is 446 g/mol. The van der Waals surface area contributed by atoms with Crippen LogP contribution in [0.25, 0.3) is 0 Å². The van der Waals surface area contributed by atoms with Gasteiger partial charge in [0, 0.05) is 12.1 Å². The molecule has 0 fully saturated rings. The molecule has 0 saturated carbocycles. The third kappa shape index (κ3) is 4.38. The van der Waals surface area contributed by atoms with Crippen LogP contribution in [0.2, 0.25) is 0 Å². The minimum absolute atomic E-state index is 0.496. The van der Waals surface area contributed by atoms with Gasteiger partial charge in [0.1, 0.15) is 11.1 Å². The molecule has 14 nitrogen and oxygen atoms in total. The van der Waals surface area contributed by atoms with Crippen molar-refractivity contribution in [3.63, 3.8) is 0 Å². The Morgan fingerprint density at radius 3 is 1.16 bits per heavy atom. The maximum absolute atomic E-state index is 12.7. The fourth-order valence-electron chi connectivity index (χ4n) is 2.46. The lowest BCUT2D eigenvalue weighted by atomic mass is 10.0. The fraction of sp³-hybridized carbons (Fsp3) is 0. The van der Waals surface area contributed by atoms with Gasteiger partial charge in [-0.3, -0.25) is 9.59 Å². The van der Waals surface area contributed by atoms with E-state index in [-0.39, 0.29) is 0 Å². The summed E-state index contributed by atoms with van der Waals surface area (Å²) in [7, 11) is 0. The number of Topliss-reactive ketones (excluding diaryl/α,β-unsaturated/α-hetero) is 2. The van der Waals surface area contributed by atoms with Crippen LogP contribution in [-0.4, -0.2) is 65.6 Å². The van der Waals surface area contributed by atoms with E-state index in [1.807, 2.05) is 0 Å². The summed E-state index contributed by atoms with van der Waals surface area (Å²) < 4.78 is 0. The number of carboxylic acid groups (broad SMARTS) is 4. The van der Waals surface area contributed by atoms with Gasteiger partial charge in [-0.05, 0) is 24.3 Å². The molecule has 0 radical (unpaired) electrons. The van der Waals surface area contributed by atoms with Crippen molar-refractivity contribution < 1.29 is 58.9 Å². The predicted molar refractivity (Wildman–Crippen MR) is 97.3 cm³/mol. The van der Waals surface area contributed by atoms with Crippen molar-refractivity contribution in [3.8, 4) is 0 Å². The number of carboxylic acids is 4. The molecule has 2 aromatic rings. The first kappa shape index (κ1) is 23.1. The van der Waals surface area contributed by atoms with Crippen LogP contribution in [0.5, 0.6) is 0 Å². The Kier molecular flexibility index (Phi) is 6.29. The second-order valence-corrected chi connectivity index (χ2v) is 5.89. The number of aliphatic carboxylic acids is 2. The van der Waals surface area contributed by atoms with Crippen molar-refractivity contribution in [1.82, 2.24) is 0 Å². The zero-order chi connectivity index (χ0) is 24.3. The summed E-state index contributed by atoms with van der Waals surface area (Å²) in [5.41, 5.74) is -5.20. The molecule has 0 atom stereocenters. The molecule has 0 unspecified atom stereocenters. The van der Waals surface area contributed by atoms with Crippen LogP contribution in [0.4, 0.5) is 11.4 Å². The lowest BCUT2D eigenvalue weighted by Crippen LogP contribution is -2.20. The molecule has 14 heteroatoms. The van der Waals surface area contributed by atoms with Crippen LogP contribution in [0, 0.1) is 10.4 Å². The van der Waals surface area contributed by atoms with Crippen molar-refractivity contribution in [2.75, 3.05) is 0 Å². The van der Waals surface area contributed by atoms with Gasteiger partial charge in [0.25, 0.3) is 22.9 Å². The largest absolute Gasteiger partial charge is 0.561 e. The molecule has 0 aromatic heterocycles. The van der Waals surface area contributed by atoms with E-state index in [1.54, 1.807) is 0 Å². The van der Waals surface area contributed by atoms with Gasteiger partial charge >= 0.3 is 23.9 Å². The SMILES string of the molecule is O=C(O)C(=O)c1ccc(C(=O)O)cc1/[N+]([O-])=[N+](\[O-])c1cc(C(=O)O)ccc1C(=O)C(=O)O. The topological polar surface area (TPSA) is 235 Å². The lowest BCUT2D eigenvalue weighted by Gasteiger charge is -2.08. The van der Waals surface area contributed by atoms with Crippen molar-refractivity contribution >= 4 is 46.8 Å². The summed E-state index contributed by atoms with van der Waals surface area (Å²) in [5, 5.41) is 61.3. The number of carbonyl (C=O) groups is 6. The van der Waals surface area contributed by atoms with Gasteiger partial charge < -0.3 is 30.8 Å². The van der Waals surface area contributed by atoms with E-state index in [9.17, 15) is 39.2 Å². The normalized spacial score (nSPS) is 11.2. The van der Waals surface area contributed by atoms with Gasteiger partial charge in [0.15, 0.2) is 0 Å². The average molecular weight is 446 g/mol. The molecule has 2 aromatic carbocycles. The molecular formula is C18H10N2O12.